The summed E-state index contributed by atoms with van der Waals surface area (Å²) in [5.41, 5.74) is 2.19. The molecule has 0 radical (unpaired) electrons. The Bertz CT molecular complexity index is 1160. The van der Waals surface area contributed by atoms with E-state index in [-0.39, 0.29) is 11.1 Å². The predicted molar refractivity (Wildman–Crippen MR) is 92.3 cm³/mol. The Morgan fingerprint density at radius 1 is 1.20 bits per heavy atom. The van der Waals surface area contributed by atoms with Crippen molar-refractivity contribution in [3.05, 3.63) is 52.2 Å². The lowest BCUT2D eigenvalue weighted by atomic mass is 10.2. The van der Waals surface area contributed by atoms with Gasteiger partial charge in [-0.25, -0.2) is 0 Å². The highest BCUT2D eigenvalue weighted by Gasteiger charge is 2.14. The quantitative estimate of drug-likeness (QED) is 0.566. The average molecular weight is 336 g/mol. The topological polar surface area (TPSA) is 87.2 Å². The SMILES string of the molecule is CCc1nc2nnc3c(=O)n(-c4cc(C)ccc4OC)ccc3n2n1. The highest BCUT2D eigenvalue weighted by atomic mass is 16.5. The van der Waals surface area contributed by atoms with Crippen molar-refractivity contribution in [3.8, 4) is 11.4 Å². The van der Waals surface area contributed by atoms with E-state index in [0.29, 0.717) is 35.0 Å². The van der Waals surface area contributed by atoms with Crippen LogP contribution in [0, 0.1) is 6.92 Å². The predicted octanol–water partition coefficient (Wildman–Crippen LogP) is 1.70. The summed E-state index contributed by atoms with van der Waals surface area (Å²) >= 11 is 0. The van der Waals surface area contributed by atoms with Crippen LogP contribution in [0.1, 0.15) is 18.3 Å². The van der Waals surface area contributed by atoms with Gasteiger partial charge in [-0.15, -0.1) is 15.3 Å². The second kappa shape index (κ2) is 5.66. The molecule has 0 aliphatic carbocycles. The molecule has 25 heavy (non-hydrogen) atoms. The van der Waals surface area contributed by atoms with Gasteiger partial charge in [0, 0.05) is 12.6 Å². The number of hydrogen-bond donors (Lipinski definition) is 0. The highest BCUT2D eigenvalue weighted by molar-refractivity contribution is 5.75. The van der Waals surface area contributed by atoms with Crippen molar-refractivity contribution in [2.75, 3.05) is 7.11 Å². The number of ether oxygens (including phenoxy) is 1. The minimum absolute atomic E-state index is 0.228. The molecule has 0 atom stereocenters. The van der Waals surface area contributed by atoms with Crippen LogP contribution in [0.15, 0.2) is 35.3 Å². The Hall–Kier alpha value is -3.29. The van der Waals surface area contributed by atoms with Gasteiger partial charge in [-0.2, -0.15) is 9.50 Å². The minimum Gasteiger partial charge on any atom is -0.495 e. The van der Waals surface area contributed by atoms with Crippen LogP contribution in [0.25, 0.3) is 22.5 Å². The van der Waals surface area contributed by atoms with Crippen LogP contribution >= 0.6 is 0 Å². The molecule has 126 valence electrons. The normalized spacial score (nSPS) is 11.3. The van der Waals surface area contributed by atoms with Crippen LogP contribution < -0.4 is 10.3 Å². The van der Waals surface area contributed by atoms with Gasteiger partial charge < -0.3 is 4.74 Å². The molecule has 4 rings (SSSR count). The molecule has 0 N–H and O–H groups in total. The summed E-state index contributed by atoms with van der Waals surface area (Å²) in [6, 6.07) is 7.44. The van der Waals surface area contributed by atoms with Gasteiger partial charge in [0.1, 0.15) is 11.3 Å². The summed E-state index contributed by atoms with van der Waals surface area (Å²) in [7, 11) is 1.57. The second-order valence-electron chi connectivity index (χ2n) is 5.69. The smallest absolute Gasteiger partial charge is 0.285 e. The summed E-state index contributed by atoms with van der Waals surface area (Å²) in [5.74, 6) is 1.65. The summed E-state index contributed by atoms with van der Waals surface area (Å²) in [6.45, 7) is 3.92. The number of rotatable bonds is 3. The number of pyridine rings is 1. The zero-order valence-corrected chi connectivity index (χ0v) is 14.1. The maximum Gasteiger partial charge on any atom is 0.285 e. The van der Waals surface area contributed by atoms with E-state index in [1.807, 2.05) is 32.0 Å². The largest absolute Gasteiger partial charge is 0.495 e. The molecule has 0 aliphatic heterocycles. The van der Waals surface area contributed by atoms with Gasteiger partial charge in [-0.3, -0.25) is 9.36 Å². The van der Waals surface area contributed by atoms with E-state index in [1.54, 1.807) is 23.9 Å². The summed E-state index contributed by atoms with van der Waals surface area (Å²) in [5, 5.41) is 12.5. The van der Waals surface area contributed by atoms with Crippen molar-refractivity contribution < 1.29 is 4.74 Å². The van der Waals surface area contributed by atoms with E-state index in [1.165, 1.54) is 4.57 Å². The Kier molecular flexibility index (Phi) is 3.45. The first-order chi connectivity index (χ1) is 12.1. The molecular weight excluding hydrogens is 320 g/mol. The molecule has 0 bridgehead atoms. The van der Waals surface area contributed by atoms with Gasteiger partial charge in [0.25, 0.3) is 11.3 Å². The van der Waals surface area contributed by atoms with Crippen molar-refractivity contribution in [2.24, 2.45) is 0 Å². The van der Waals surface area contributed by atoms with Crippen LogP contribution in [-0.2, 0) is 6.42 Å². The lowest BCUT2D eigenvalue weighted by Crippen LogP contribution is -2.20. The fourth-order valence-corrected chi connectivity index (χ4v) is 2.77. The van der Waals surface area contributed by atoms with Crippen LogP contribution in [0.3, 0.4) is 0 Å². The number of fused-ring (bicyclic) bond motifs is 3. The number of hydrogen-bond acceptors (Lipinski definition) is 6. The van der Waals surface area contributed by atoms with E-state index < -0.39 is 0 Å². The summed E-state index contributed by atoms with van der Waals surface area (Å²) in [6.07, 6.45) is 2.37. The van der Waals surface area contributed by atoms with E-state index in [4.69, 9.17) is 4.74 Å². The third-order valence-corrected chi connectivity index (χ3v) is 4.06. The monoisotopic (exact) mass is 336 g/mol. The molecule has 0 fully saturated rings. The lowest BCUT2D eigenvalue weighted by molar-refractivity contribution is 0.412. The van der Waals surface area contributed by atoms with E-state index in [0.717, 1.165) is 5.56 Å². The first-order valence-corrected chi connectivity index (χ1v) is 7.91. The molecule has 0 unspecified atom stereocenters. The van der Waals surface area contributed by atoms with Crippen molar-refractivity contribution in [2.45, 2.75) is 20.3 Å². The number of benzene rings is 1. The number of nitrogens with zero attached hydrogens (tertiary/aromatic N) is 6. The molecule has 0 saturated carbocycles. The molecule has 8 heteroatoms. The Balaban J connectivity index is 2.02. The summed E-state index contributed by atoms with van der Waals surface area (Å²) < 4.78 is 8.45. The van der Waals surface area contributed by atoms with Gasteiger partial charge in [0.05, 0.1) is 12.8 Å². The molecule has 0 amide bonds. The van der Waals surface area contributed by atoms with Crippen molar-refractivity contribution in [1.82, 2.24) is 29.4 Å². The van der Waals surface area contributed by atoms with Gasteiger partial charge in [0.2, 0.25) is 0 Å². The maximum absolute atomic E-state index is 13.0. The Morgan fingerprint density at radius 2 is 2.04 bits per heavy atom. The molecule has 0 saturated heterocycles. The van der Waals surface area contributed by atoms with Crippen LogP contribution in [-0.4, -0.2) is 36.5 Å². The third kappa shape index (κ3) is 2.34. The van der Waals surface area contributed by atoms with Crippen LogP contribution in [0.4, 0.5) is 0 Å². The third-order valence-electron chi connectivity index (χ3n) is 4.06. The molecular formula is C17H16N6O2. The molecule has 3 heterocycles. The zero-order valence-electron chi connectivity index (χ0n) is 14.1. The van der Waals surface area contributed by atoms with Gasteiger partial charge in [-0.05, 0) is 30.7 Å². The second-order valence-corrected chi connectivity index (χ2v) is 5.69. The Labute approximate surface area is 142 Å². The first kappa shape index (κ1) is 15.3. The fraction of sp³-hybridized carbons (Fsp3) is 0.235. The summed E-state index contributed by atoms with van der Waals surface area (Å²) in [4.78, 5) is 17.3. The van der Waals surface area contributed by atoms with E-state index >= 15 is 0 Å². The van der Waals surface area contributed by atoms with E-state index in [9.17, 15) is 4.79 Å². The lowest BCUT2D eigenvalue weighted by Gasteiger charge is -2.12. The molecule has 1 aromatic carbocycles. The standard InChI is InChI=1S/C17H16N6O2/c1-4-14-18-17-20-19-15-11(23(17)21-14)7-8-22(16(15)24)12-9-10(2)5-6-13(12)25-3/h5-9H,4H2,1-3H3. The van der Waals surface area contributed by atoms with Gasteiger partial charge >= 0.3 is 0 Å². The maximum atomic E-state index is 13.0. The molecule has 4 aromatic rings. The molecule has 0 spiro atoms. The van der Waals surface area contributed by atoms with E-state index in [2.05, 4.69) is 20.3 Å². The Morgan fingerprint density at radius 3 is 2.80 bits per heavy atom. The van der Waals surface area contributed by atoms with Crippen molar-refractivity contribution >= 4 is 16.8 Å². The zero-order chi connectivity index (χ0) is 17.6. The van der Waals surface area contributed by atoms with Crippen molar-refractivity contribution in [3.63, 3.8) is 0 Å². The molecule has 8 nitrogen and oxygen atoms in total. The van der Waals surface area contributed by atoms with Crippen molar-refractivity contribution in [1.29, 1.82) is 0 Å². The fourth-order valence-electron chi connectivity index (χ4n) is 2.77. The number of aromatic nitrogens is 6. The number of aryl methyl sites for hydroxylation is 2. The molecule has 3 aromatic heterocycles. The first-order valence-electron chi connectivity index (χ1n) is 7.91. The highest BCUT2D eigenvalue weighted by Crippen LogP contribution is 2.23. The van der Waals surface area contributed by atoms with Crippen LogP contribution in [0.2, 0.25) is 0 Å². The molecule has 0 aliphatic rings. The number of methoxy groups -OCH3 is 1. The van der Waals surface area contributed by atoms with Gasteiger partial charge in [-0.1, -0.05) is 13.0 Å². The minimum atomic E-state index is -0.288. The average Bonchev–Trinajstić information content (AvgIpc) is 3.06. The van der Waals surface area contributed by atoms with Crippen LogP contribution in [0.5, 0.6) is 5.75 Å². The van der Waals surface area contributed by atoms with Gasteiger partial charge in [0.15, 0.2) is 11.3 Å².